The second-order valence-electron chi connectivity index (χ2n) is 7.99. The van der Waals surface area contributed by atoms with Crippen LogP contribution in [0.1, 0.15) is 17.3 Å². The fraction of sp³-hybridized carbons (Fsp3) is 0.172. The summed E-state index contributed by atoms with van der Waals surface area (Å²) >= 11 is 4.76. The second-order valence-corrected chi connectivity index (χ2v) is 9.73. The third-order valence-corrected chi connectivity index (χ3v) is 7.13. The van der Waals surface area contributed by atoms with E-state index >= 15 is 0 Å². The predicted octanol–water partition coefficient (Wildman–Crippen LogP) is 7.06. The van der Waals surface area contributed by atoms with Gasteiger partial charge in [0.05, 0.1) is 25.3 Å². The molecule has 0 fully saturated rings. The number of benzene rings is 3. The first-order valence-corrected chi connectivity index (χ1v) is 13.4. The van der Waals surface area contributed by atoms with E-state index in [-0.39, 0.29) is 18.8 Å². The maximum atomic E-state index is 12.9. The number of amides is 1. The van der Waals surface area contributed by atoms with Crippen LogP contribution in [-0.2, 0) is 9.53 Å². The minimum atomic E-state index is -0.533. The Balaban J connectivity index is 1.51. The zero-order valence-electron chi connectivity index (χ0n) is 21.1. The molecule has 0 aliphatic rings. The molecular formula is C29H26BrNO6S. The van der Waals surface area contributed by atoms with Gasteiger partial charge in [-0.2, -0.15) is 0 Å². The van der Waals surface area contributed by atoms with Crippen molar-refractivity contribution in [1.29, 1.82) is 0 Å². The molecule has 0 saturated carbocycles. The summed E-state index contributed by atoms with van der Waals surface area (Å²) in [4.78, 5) is 25.7. The van der Waals surface area contributed by atoms with Gasteiger partial charge >= 0.3 is 5.97 Å². The van der Waals surface area contributed by atoms with Crippen LogP contribution in [0.3, 0.4) is 0 Å². The highest BCUT2D eigenvalue weighted by atomic mass is 79.9. The number of carbonyl (C=O) groups is 2. The minimum Gasteiger partial charge on any atom is -0.493 e. The first-order chi connectivity index (χ1) is 18.4. The summed E-state index contributed by atoms with van der Waals surface area (Å²) in [6.45, 7) is 1.69. The minimum absolute atomic E-state index is 0.198. The number of methoxy groups -OCH3 is 2. The Morgan fingerprint density at radius 3 is 2.26 bits per heavy atom. The number of thiophene rings is 1. The van der Waals surface area contributed by atoms with E-state index in [2.05, 4.69) is 21.2 Å². The molecule has 4 aromatic rings. The highest BCUT2D eigenvalue weighted by molar-refractivity contribution is 9.10. The summed E-state index contributed by atoms with van der Waals surface area (Å²) in [5, 5.41) is 4.97. The highest BCUT2D eigenvalue weighted by Crippen LogP contribution is 2.39. The van der Waals surface area contributed by atoms with Crippen LogP contribution in [0.25, 0.3) is 22.3 Å². The van der Waals surface area contributed by atoms with Gasteiger partial charge in [-0.3, -0.25) is 4.79 Å². The van der Waals surface area contributed by atoms with Crippen molar-refractivity contribution in [1.82, 2.24) is 0 Å². The summed E-state index contributed by atoms with van der Waals surface area (Å²) in [5.41, 5.74) is 3.71. The molecule has 0 unspecified atom stereocenters. The van der Waals surface area contributed by atoms with Gasteiger partial charge in [-0.25, -0.2) is 4.79 Å². The third kappa shape index (κ3) is 6.17. The molecule has 1 aromatic heterocycles. The second kappa shape index (κ2) is 12.6. The molecule has 38 heavy (non-hydrogen) atoms. The lowest BCUT2D eigenvalue weighted by Crippen LogP contribution is -2.21. The monoisotopic (exact) mass is 595 g/mol. The van der Waals surface area contributed by atoms with Crippen molar-refractivity contribution in [3.05, 3.63) is 82.1 Å². The van der Waals surface area contributed by atoms with Crippen molar-refractivity contribution in [2.24, 2.45) is 0 Å². The molecule has 0 aliphatic heterocycles. The van der Waals surface area contributed by atoms with E-state index in [1.165, 1.54) is 11.3 Å². The van der Waals surface area contributed by atoms with Gasteiger partial charge in [0.1, 0.15) is 16.3 Å². The Bertz CT molecular complexity index is 1440. The Labute approximate surface area is 233 Å². The number of nitrogens with one attached hydrogen (secondary N) is 1. The molecule has 1 heterocycles. The topological polar surface area (TPSA) is 83.1 Å². The molecular weight excluding hydrogens is 570 g/mol. The number of halogens is 1. The number of rotatable bonds is 10. The van der Waals surface area contributed by atoms with Gasteiger partial charge < -0.3 is 24.3 Å². The van der Waals surface area contributed by atoms with Crippen LogP contribution < -0.4 is 19.5 Å². The van der Waals surface area contributed by atoms with E-state index in [1.54, 1.807) is 38.7 Å². The number of hydrogen-bond donors (Lipinski definition) is 1. The standard InChI is InChI=1S/C29H26BrNO6S/c1-4-36-29(33)27-21(20-11-13-24(34-2)25(15-20)35-3)17-38-28(27)31-26(32)16-37-23-12-10-19(14-22(23)30)18-8-6-5-7-9-18/h5-15,17H,4,16H2,1-3H3,(H,31,32). The molecule has 0 aliphatic carbocycles. The fourth-order valence-corrected chi connectivity index (χ4v) is 5.27. The SMILES string of the molecule is CCOC(=O)c1c(-c2ccc(OC)c(OC)c2)csc1NC(=O)COc1ccc(-c2ccccc2)cc1Br. The van der Waals surface area contributed by atoms with Crippen molar-refractivity contribution < 1.29 is 28.5 Å². The molecule has 4 rings (SSSR count). The summed E-state index contributed by atoms with van der Waals surface area (Å²) in [6.07, 6.45) is 0. The molecule has 0 bridgehead atoms. The van der Waals surface area contributed by atoms with Crippen molar-refractivity contribution in [3.63, 3.8) is 0 Å². The van der Waals surface area contributed by atoms with E-state index in [0.29, 0.717) is 27.8 Å². The van der Waals surface area contributed by atoms with Crippen LogP contribution in [0.2, 0.25) is 0 Å². The number of carbonyl (C=O) groups excluding carboxylic acids is 2. The van der Waals surface area contributed by atoms with Crippen LogP contribution in [0.5, 0.6) is 17.2 Å². The molecule has 0 spiro atoms. The predicted molar refractivity (Wildman–Crippen MR) is 153 cm³/mol. The van der Waals surface area contributed by atoms with Crippen LogP contribution in [0, 0.1) is 0 Å². The zero-order valence-corrected chi connectivity index (χ0v) is 23.5. The first kappa shape index (κ1) is 27.2. The molecule has 7 nitrogen and oxygen atoms in total. The third-order valence-electron chi connectivity index (χ3n) is 5.62. The number of ether oxygens (including phenoxy) is 4. The van der Waals surface area contributed by atoms with E-state index in [0.717, 1.165) is 21.2 Å². The summed E-state index contributed by atoms with van der Waals surface area (Å²) < 4.78 is 22.5. The van der Waals surface area contributed by atoms with Gasteiger partial charge in [0.25, 0.3) is 5.91 Å². The lowest BCUT2D eigenvalue weighted by atomic mass is 10.0. The molecule has 1 N–H and O–H groups in total. The number of anilines is 1. The van der Waals surface area contributed by atoms with Gasteiger partial charge in [-0.15, -0.1) is 11.3 Å². The normalized spacial score (nSPS) is 10.5. The van der Waals surface area contributed by atoms with E-state index in [4.69, 9.17) is 18.9 Å². The molecule has 0 saturated heterocycles. The summed E-state index contributed by atoms with van der Waals surface area (Å²) in [7, 11) is 3.10. The fourth-order valence-electron chi connectivity index (χ4n) is 3.81. The zero-order chi connectivity index (χ0) is 27.1. The molecule has 3 aromatic carbocycles. The van der Waals surface area contributed by atoms with Crippen LogP contribution >= 0.6 is 27.3 Å². The Morgan fingerprint density at radius 1 is 0.868 bits per heavy atom. The van der Waals surface area contributed by atoms with Crippen LogP contribution in [0.4, 0.5) is 5.00 Å². The summed E-state index contributed by atoms with van der Waals surface area (Å²) in [5.74, 6) is 0.679. The molecule has 9 heteroatoms. The van der Waals surface area contributed by atoms with Crippen molar-refractivity contribution in [3.8, 4) is 39.5 Å². The van der Waals surface area contributed by atoms with Gasteiger partial charge in [-0.1, -0.05) is 42.5 Å². The average Bonchev–Trinajstić information content (AvgIpc) is 3.36. The quantitative estimate of drug-likeness (QED) is 0.198. The van der Waals surface area contributed by atoms with E-state index in [1.807, 2.05) is 54.6 Å². The summed E-state index contributed by atoms with van der Waals surface area (Å²) in [6, 6.07) is 21.0. The smallest absolute Gasteiger partial charge is 0.341 e. The molecule has 196 valence electrons. The van der Waals surface area contributed by atoms with Crippen molar-refractivity contribution in [2.75, 3.05) is 32.8 Å². The lowest BCUT2D eigenvalue weighted by molar-refractivity contribution is -0.118. The van der Waals surface area contributed by atoms with Crippen molar-refractivity contribution >= 4 is 44.1 Å². The van der Waals surface area contributed by atoms with Gasteiger partial charge in [-0.05, 0) is 63.8 Å². The Hall–Kier alpha value is -3.82. The van der Waals surface area contributed by atoms with E-state index in [9.17, 15) is 9.59 Å². The van der Waals surface area contributed by atoms with Gasteiger partial charge in [0, 0.05) is 10.9 Å². The largest absolute Gasteiger partial charge is 0.493 e. The van der Waals surface area contributed by atoms with Gasteiger partial charge in [0.2, 0.25) is 0 Å². The number of hydrogen-bond acceptors (Lipinski definition) is 7. The molecule has 0 radical (unpaired) electrons. The molecule has 1 amide bonds. The maximum Gasteiger partial charge on any atom is 0.341 e. The highest BCUT2D eigenvalue weighted by Gasteiger charge is 2.24. The molecule has 0 atom stereocenters. The average molecular weight is 596 g/mol. The number of esters is 1. The van der Waals surface area contributed by atoms with Gasteiger partial charge in [0.15, 0.2) is 18.1 Å². The lowest BCUT2D eigenvalue weighted by Gasteiger charge is -2.12. The van der Waals surface area contributed by atoms with Crippen molar-refractivity contribution in [2.45, 2.75) is 6.92 Å². The van der Waals surface area contributed by atoms with Crippen LogP contribution in [-0.4, -0.2) is 39.3 Å². The first-order valence-electron chi connectivity index (χ1n) is 11.7. The Morgan fingerprint density at radius 2 is 1.58 bits per heavy atom. The Kier molecular flexibility index (Phi) is 9.04. The maximum absolute atomic E-state index is 12.9. The van der Waals surface area contributed by atoms with E-state index < -0.39 is 11.9 Å². The van der Waals surface area contributed by atoms with Crippen LogP contribution in [0.15, 0.2) is 76.6 Å².